The average Bonchev–Trinajstić information content (AvgIpc) is 3.38. The molecule has 0 saturated carbocycles. The number of hydrogen-bond acceptors (Lipinski definition) is 4. The second-order valence-electron chi connectivity index (χ2n) is 13.2. The highest BCUT2D eigenvalue weighted by Crippen LogP contribution is 2.56. The van der Waals surface area contributed by atoms with E-state index < -0.39 is 22.3 Å². The zero-order chi connectivity index (χ0) is 28.5. The van der Waals surface area contributed by atoms with Crippen molar-refractivity contribution in [2.24, 2.45) is 0 Å². The first-order chi connectivity index (χ1) is 17.3. The molecule has 2 aliphatic rings. The number of ether oxygens (including phenoxy) is 2. The Bertz CT molecular complexity index is 1570. The summed E-state index contributed by atoms with van der Waals surface area (Å²) in [4.78, 5) is 17.5. The number of aromatic amines is 1. The van der Waals surface area contributed by atoms with Gasteiger partial charge in [-0.1, -0.05) is 13.8 Å². The van der Waals surface area contributed by atoms with Crippen molar-refractivity contribution in [1.82, 2.24) is 10.3 Å². The Labute approximate surface area is 227 Å². The lowest BCUT2D eigenvalue weighted by molar-refractivity contribution is -0.126. The van der Waals surface area contributed by atoms with E-state index in [1.54, 1.807) is 6.92 Å². The molecule has 5 heteroatoms. The summed E-state index contributed by atoms with van der Waals surface area (Å²) < 4.78 is 12.6. The van der Waals surface area contributed by atoms with Crippen molar-refractivity contribution in [3.05, 3.63) is 55.8 Å². The van der Waals surface area contributed by atoms with Crippen LogP contribution < -0.4 is 14.8 Å². The van der Waals surface area contributed by atoms with Crippen LogP contribution >= 0.6 is 0 Å². The predicted octanol–water partition coefficient (Wildman–Crippen LogP) is 7.33. The minimum Gasteiger partial charge on any atom is -0.449 e. The van der Waals surface area contributed by atoms with Crippen LogP contribution in [0.2, 0.25) is 0 Å². The van der Waals surface area contributed by atoms with Crippen molar-refractivity contribution >= 4 is 16.7 Å². The van der Waals surface area contributed by atoms with E-state index in [2.05, 4.69) is 86.5 Å². The number of H-pyrrole nitrogens is 1. The molecule has 0 bridgehead atoms. The number of carbonyl (C=O) groups excluding carboxylic acids is 1. The minimum atomic E-state index is -0.814. The van der Waals surface area contributed by atoms with Gasteiger partial charge in [-0.2, -0.15) is 0 Å². The number of nitrogens with one attached hydrogen (secondary N) is 2. The van der Waals surface area contributed by atoms with Crippen LogP contribution in [0.1, 0.15) is 104 Å². The van der Waals surface area contributed by atoms with Crippen molar-refractivity contribution in [3.8, 4) is 11.5 Å². The first kappa shape index (κ1) is 26.8. The van der Waals surface area contributed by atoms with Crippen molar-refractivity contribution in [2.45, 2.75) is 119 Å². The van der Waals surface area contributed by atoms with E-state index in [-0.39, 0.29) is 5.78 Å². The monoisotopic (exact) mass is 516 g/mol. The molecule has 38 heavy (non-hydrogen) atoms. The van der Waals surface area contributed by atoms with Gasteiger partial charge in [0.2, 0.25) is 5.79 Å². The number of ketones is 1. The normalized spacial score (nSPS) is 25.1. The fraction of sp³-hybridized carbons (Fsp3) is 0.545. The number of hydrogen-bond donors (Lipinski definition) is 2. The van der Waals surface area contributed by atoms with Crippen LogP contribution in [0.5, 0.6) is 11.5 Å². The molecule has 2 N–H and O–H groups in total. The van der Waals surface area contributed by atoms with E-state index in [4.69, 9.17) is 9.47 Å². The molecule has 0 amide bonds. The molecule has 0 saturated heterocycles. The van der Waals surface area contributed by atoms with E-state index in [0.29, 0.717) is 0 Å². The summed E-state index contributed by atoms with van der Waals surface area (Å²) in [6.07, 6.45) is 0. The zero-order valence-electron chi connectivity index (χ0n) is 25.7. The quantitative estimate of drug-likeness (QED) is 0.374. The van der Waals surface area contributed by atoms with Crippen molar-refractivity contribution in [1.29, 1.82) is 0 Å². The lowest BCUT2D eigenvalue weighted by atomic mass is 9.59. The maximum atomic E-state index is 13.6. The second-order valence-corrected chi connectivity index (χ2v) is 13.2. The molecule has 2 aliphatic heterocycles. The van der Waals surface area contributed by atoms with Gasteiger partial charge < -0.3 is 14.5 Å². The number of fused-ring (bicyclic) bond motifs is 4. The third kappa shape index (κ3) is 3.05. The molecule has 0 radical (unpaired) electrons. The fourth-order valence-corrected chi connectivity index (χ4v) is 7.38. The lowest BCUT2D eigenvalue weighted by Crippen LogP contribution is -2.70. The Hall–Kier alpha value is -2.79. The summed E-state index contributed by atoms with van der Waals surface area (Å²) in [5, 5.41) is 5.19. The molecular formula is C33H44N2O3. The van der Waals surface area contributed by atoms with E-state index in [0.717, 1.165) is 39.4 Å². The molecule has 204 valence electrons. The van der Waals surface area contributed by atoms with Crippen LogP contribution in [0.3, 0.4) is 0 Å². The highest BCUT2D eigenvalue weighted by Gasteiger charge is 2.58. The van der Waals surface area contributed by atoms with E-state index in [1.165, 1.54) is 38.7 Å². The van der Waals surface area contributed by atoms with Crippen LogP contribution in [-0.4, -0.2) is 22.1 Å². The lowest BCUT2D eigenvalue weighted by Gasteiger charge is -2.55. The number of aryl methyl sites for hydroxylation is 2. The summed E-state index contributed by atoms with van der Waals surface area (Å²) >= 11 is 0. The molecule has 0 fully saturated rings. The van der Waals surface area contributed by atoms with Crippen molar-refractivity contribution < 1.29 is 14.3 Å². The van der Waals surface area contributed by atoms with Gasteiger partial charge in [0, 0.05) is 41.4 Å². The van der Waals surface area contributed by atoms with Crippen LogP contribution in [0.25, 0.3) is 10.9 Å². The highest BCUT2D eigenvalue weighted by atomic mass is 16.7. The third-order valence-electron chi connectivity index (χ3n) is 10.4. The smallest absolute Gasteiger partial charge is 0.246 e. The van der Waals surface area contributed by atoms with Gasteiger partial charge in [-0.05, 0) is 114 Å². The van der Waals surface area contributed by atoms with Gasteiger partial charge in [0.05, 0.1) is 11.1 Å². The van der Waals surface area contributed by atoms with Gasteiger partial charge in [0.15, 0.2) is 11.5 Å². The summed E-state index contributed by atoms with van der Waals surface area (Å²) in [5.41, 5.74) is 11.1. The Balaban J connectivity index is 1.98. The summed E-state index contributed by atoms with van der Waals surface area (Å²) in [5.74, 6) is 1.01. The van der Waals surface area contributed by atoms with E-state index in [9.17, 15) is 4.79 Å². The van der Waals surface area contributed by atoms with Crippen LogP contribution in [0.4, 0.5) is 0 Å². The maximum Gasteiger partial charge on any atom is 0.246 e. The Kier molecular flexibility index (Phi) is 5.40. The summed E-state index contributed by atoms with van der Waals surface area (Å²) in [6, 6.07) is 0. The molecular weight excluding hydrogens is 472 g/mol. The molecule has 0 unspecified atom stereocenters. The predicted molar refractivity (Wildman–Crippen MR) is 155 cm³/mol. The standard InChI is InChI=1S/C33H44N2O3/c1-15-16(2)19(5)26-23(17(15)3)25-29(34-26)32(13,35-33(14,22(8)36)30(25,9)10)24-18(4)20(6)27-28(21(24)7)38-31(11,12)37-27/h34-35H,1-14H3/t32-,33+/m1/s1. The first-order valence-corrected chi connectivity index (χ1v) is 13.8. The third-order valence-corrected chi connectivity index (χ3v) is 10.4. The second kappa shape index (κ2) is 7.65. The molecule has 0 spiro atoms. The molecule has 5 rings (SSSR count). The molecule has 5 nitrogen and oxygen atoms in total. The molecule has 1 aromatic heterocycles. The van der Waals surface area contributed by atoms with Crippen LogP contribution in [0, 0.1) is 48.5 Å². The Morgan fingerprint density at radius 2 is 1.18 bits per heavy atom. The number of benzene rings is 2. The van der Waals surface area contributed by atoms with Gasteiger partial charge in [-0.15, -0.1) is 0 Å². The molecule has 2 atom stereocenters. The van der Waals surface area contributed by atoms with Crippen LogP contribution in [-0.2, 0) is 15.7 Å². The van der Waals surface area contributed by atoms with E-state index in [1.807, 2.05) is 13.8 Å². The van der Waals surface area contributed by atoms with Gasteiger partial charge in [-0.3, -0.25) is 10.1 Å². The Morgan fingerprint density at radius 3 is 1.74 bits per heavy atom. The SMILES string of the molecule is CC(=O)[C@]1(C)N[C@](C)(c2c(C)c(C)c3c(c2C)OC(C)(C)O3)c2[nH]c3c(C)c(C)c(C)c(C)c3c2C1(C)C. The van der Waals surface area contributed by atoms with E-state index >= 15 is 0 Å². The average molecular weight is 517 g/mol. The fourth-order valence-electron chi connectivity index (χ4n) is 7.38. The maximum absolute atomic E-state index is 13.6. The van der Waals surface area contributed by atoms with Gasteiger partial charge >= 0.3 is 0 Å². The Morgan fingerprint density at radius 1 is 0.658 bits per heavy atom. The van der Waals surface area contributed by atoms with Gasteiger partial charge in [0.1, 0.15) is 5.78 Å². The highest BCUT2D eigenvalue weighted by molar-refractivity contribution is 5.97. The molecule has 0 aliphatic carbocycles. The number of Topliss-reactive ketones (excluding diaryl/α,β-unsaturated/α-hetero) is 1. The summed E-state index contributed by atoms with van der Waals surface area (Å²) in [6.45, 7) is 29.6. The van der Waals surface area contributed by atoms with Gasteiger partial charge in [-0.25, -0.2) is 0 Å². The number of carbonyl (C=O) groups is 1. The number of rotatable bonds is 2. The van der Waals surface area contributed by atoms with Crippen molar-refractivity contribution in [2.75, 3.05) is 0 Å². The summed E-state index contributed by atoms with van der Waals surface area (Å²) in [7, 11) is 0. The minimum absolute atomic E-state index is 0.126. The van der Waals surface area contributed by atoms with Crippen LogP contribution in [0.15, 0.2) is 0 Å². The number of aromatic nitrogens is 1. The van der Waals surface area contributed by atoms with Gasteiger partial charge in [0.25, 0.3) is 0 Å². The first-order valence-electron chi connectivity index (χ1n) is 13.8. The topological polar surface area (TPSA) is 63.4 Å². The molecule has 3 heterocycles. The zero-order valence-corrected chi connectivity index (χ0v) is 25.7. The van der Waals surface area contributed by atoms with Crippen molar-refractivity contribution in [3.63, 3.8) is 0 Å². The largest absolute Gasteiger partial charge is 0.449 e. The molecule has 2 aromatic carbocycles. The molecule has 3 aromatic rings.